The Kier molecular flexibility index (Phi) is 6.44. The third-order valence-corrected chi connectivity index (χ3v) is 5.85. The second-order valence-electron chi connectivity index (χ2n) is 7.99. The summed E-state index contributed by atoms with van der Waals surface area (Å²) in [4.78, 5) is 19.2. The molecule has 0 radical (unpaired) electrons. The largest absolute Gasteiger partial charge is 0.441 e. The van der Waals surface area contributed by atoms with E-state index in [4.69, 9.17) is 4.42 Å². The first-order valence-electron chi connectivity index (χ1n) is 10.8. The molecule has 31 heavy (non-hydrogen) atoms. The Hall–Kier alpha value is -3.02. The molecule has 4 nitrogen and oxygen atoms in total. The van der Waals surface area contributed by atoms with Crippen molar-refractivity contribution in [3.63, 3.8) is 0 Å². The minimum absolute atomic E-state index is 0.0824. The van der Waals surface area contributed by atoms with Crippen LogP contribution in [0.3, 0.4) is 0 Å². The number of rotatable bonds is 7. The first-order valence-corrected chi connectivity index (χ1v) is 10.8. The van der Waals surface area contributed by atoms with Gasteiger partial charge in [-0.25, -0.2) is 13.8 Å². The highest BCUT2D eigenvalue weighted by molar-refractivity contribution is 5.76. The maximum atomic E-state index is 14.0. The van der Waals surface area contributed by atoms with Gasteiger partial charge in [-0.15, -0.1) is 0 Å². The predicted molar refractivity (Wildman–Crippen MR) is 114 cm³/mol. The van der Waals surface area contributed by atoms with Gasteiger partial charge in [0.1, 0.15) is 11.6 Å². The highest BCUT2D eigenvalue weighted by Gasteiger charge is 2.27. The van der Waals surface area contributed by atoms with Crippen LogP contribution in [0.4, 0.5) is 8.78 Å². The Balaban J connectivity index is 1.40. The molecule has 1 aliphatic rings. The summed E-state index contributed by atoms with van der Waals surface area (Å²) < 4.78 is 32.7. The third kappa shape index (κ3) is 4.84. The summed E-state index contributed by atoms with van der Waals surface area (Å²) in [5.74, 6) is -0.663. The zero-order valence-corrected chi connectivity index (χ0v) is 17.6. The normalized spacial score (nSPS) is 15.5. The quantitative estimate of drug-likeness (QED) is 0.514. The highest BCUT2D eigenvalue weighted by atomic mass is 19.1. The highest BCUT2D eigenvalue weighted by Crippen LogP contribution is 2.27. The molecule has 1 heterocycles. The molecule has 0 saturated heterocycles. The molecule has 1 aromatic heterocycles. The van der Waals surface area contributed by atoms with Crippen LogP contribution in [0.2, 0.25) is 0 Å². The molecule has 0 N–H and O–H groups in total. The van der Waals surface area contributed by atoms with Crippen LogP contribution < -0.4 is 0 Å². The molecular weight excluding hydrogens is 398 g/mol. The first kappa shape index (κ1) is 21.2. The minimum atomic E-state index is -0.703. The molecule has 0 aliphatic heterocycles. The van der Waals surface area contributed by atoms with Crippen LogP contribution in [0.25, 0.3) is 11.3 Å². The Bertz CT molecular complexity index is 1060. The van der Waals surface area contributed by atoms with Gasteiger partial charge in [-0.1, -0.05) is 31.2 Å². The molecule has 0 saturated carbocycles. The van der Waals surface area contributed by atoms with Crippen LogP contribution in [-0.2, 0) is 24.1 Å². The Morgan fingerprint density at radius 1 is 1.19 bits per heavy atom. The smallest absolute Gasteiger partial charge is 0.223 e. The van der Waals surface area contributed by atoms with Crippen molar-refractivity contribution in [2.75, 3.05) is 6.54 Å². The van der Waals surface area contributed by atoms with Crippen molar-refractivity contribution in [1.82, 2.24) is 9.88 Å². The zero-order chi connectivity index (χ0) is 21.8. The Morgan fingerprint density at radius 3 is 2.77 bits per heavy atom. The molecule has 2 aromatic carbocycles. The van der Waals surface area contributed by atoms with E-state index in [2.05, 4.69) is 36.2 Å². The number of hydrogen-bond acceptors (Lipinski definition) is 3. The fourth-order valence-electron chi connectivity index (χ4n) is 4.29. The van der Waals surface area contributed by atoms with E-state index in [0.29, 0.717) is 12.3 Å². The molecule has 162 valence electrons. The second kappa shape index (κ2) is 9.41. The van der Waals surface area contributed by atoms with Gasteiger partial charge in [-0.2, -0.15) is 0 Å². The van der Waals surface area contributed by atoms with Gasteiger partial charge in [0.2, 0.25) is 5.91 Å². The lowest BCUT2D eigenvalue weighted by Gasteiger charge is -2.35. The molecule has 6 heteroatoms. The van der Waals surface area contributed by atoms with Gasteiger partial charge in [0.15, 0.2) is 11.7 Å². The number of benzene rings is 2. The van der Waals surface area contributed by atoms with Gasteiger partial charge in [-0.05, 0) is 48.9 Å². The Labute approximate surface area is 180 Å². The number of oxazole rings is 1. The summed E-state index contributed by atoms with van der Waals surface area (Å²) >= 11 is 0. The van der Waals surface area contributed by atoms with Crippen LogP contribution >= 0.6 is 0 Å². The summed E-state index contributed by atoms with van der Waals surface area (Å²) in [6.45, 7) is 2.80. The van der Waals surface area contributed by atoms with Crippen LogP contribution in [0.1, 0.15) is 43.2 Å². The van der Waals surface area contributed by atoms with Gasteiger partial charge in [-0.3, -0.25) is 4.79 Å². The molecule has 3 aromatic rings. The van der Waals surface area contributed by atoms with Gasteiger partial charge in [0.25, 0.3) is 0 Å². The molecule has 0 bridgehead atoms. The topological polar surface area (TPSA) is 46.3 Å². The van der Waals surface area contributed by atoms with Crippen LogP contribution in [0.15, 0.2) is 53.1 Å². The van der Waals surface area contributed by atoms with Gasteiger partial charge in [0, 0.05) is 31.5 Å². The monoisotopic (exact) mass is 424 g/mol. The molecule has 1 atom stereocenters. The number of halogens is 2. The fraction of sp³-hybridized carbons (Fsp3) is 0.360. The first-order chi connectivity index (χ1) is 15.0. The standard InChI is InChI=1S/C25H26F2N2O2/c1-2-13-29(20-9-7-17-5-3-4-6-18(17)14-20)25(30)12-11-24-28-16-23(31-24)21-10-8-19(26)15-22(21)27/h3-6,8,10,15-16,20H,2,7,9,11-14H2,1H3. The molecule has 0 fully saturated rings. The molecule has 4 rings (SSSR count). The Morgan fingerprint density at radius 2 is 2.00 bits per heavy atom. The molecular formula is C25H26F2N2O2. The molecule has 0 spiro atoms. The second-order valence-corrected chi connectivity index (χ2v) is 7.99. The maximum absolute atomic E-state index is 14.0. The number of amides is 1. The number of nitrogens with zero attached hydrogens (tertiary/aromatic N) is 2. The van der Waals surface area contributed by atoms with Crippen LogP contribution in [-0.4, -0.2) is 28.4 Å². The van der Waals surface area contributed by atoms with Crippen LogP contribution in [0.5, 0.6) is 0 Å². The van der Waals surface area contributed by atoms with Gasteiger partial charge in [0.05, 0.1) is 11.8 Å². The zero-order valence-electron chi connectivity index (χ0n) is 17.6. The van der Waals surface area contributed by atoms with Crippen molar-refractivity contribution >= 4 is 5.91 Å². The van der Waals surface area contributed by atoms with E-state index in [1.165, 1.54) is 29.5 Å². The third-order valence-electron chi connectivity index (χ3n) is 5.85. The maximum Gasteiger partial charge on any atom is 0.223 e. The van der Waals surface area contributed by atoms with Crippen LogP contribution in [0, 0.1) is 11.6 Å². The van der Waals surface area contributed by atoms with Crippen molar-refractivity contribution in [3.05, 3.63) is 77.3 Å². The van der Waals surface area contributed by atoms with E-state index >= 15 is 0 Å². The fourth-order valence-corrected chi connectivity index (χ4v) is 4.29. The molecule has 1 aliphatic carbocycles. The summed E-state index contributed by atoms with van der Waals surface area (Å²) in [5, 5.41) is 0. The average molecular weight is 424 g/mol. The van der Waals surface area contributed by atoms with Crippen molar-refractivity contribution < 1.29 is 18.0 Å². The molecule has 1 unspecified atom stereocenters. The van der Waals surface area contributed by atoms with Gasteiger partial charge < -0.3 is 9.32 Å². The van der Waals surface area contributed by atoms with Crippen molar-refractivity contribution in [3.8, 4) is 11.3 Å². The van der Waals surface area contributed by atoms with E-state index < -0.39 is 11.6 Å². The van der Waals surface area contributed by atoms with E-state index in [-0.39, 0.29) is 29.7 Å². The van der Waals surface area contributed by atoms with E-state index in [0.717, 1.165) is 38.3 Å². The number of hydrogen-bond donors (Lipinski definition) is 0. The van der Waals surface area contributed by atoms with E-state index in [1.54, 1.807) is 0 Å². The lowest BCUT2D eigenvalue weighted by Crippen LogP contribution is -2.44. The predicted octanol–water partition coefficient (Wildman–Crippen LogP) is 5.35. The van der Waals surface area contributed by atoms with Crippen molar-refractivity contribution in [2.45, 2.75) is 51.5 Å². The summed E-state index contributed by atoms with van der Waals surface area (Å²) in [6.07, 6.45) is 5.77. The number of carbonyl (C=O) groups excluding carboxylic acids is 1. The summed E-state index contributed by atoms with van der Waals surface area (Å²) in [7, 11) is 0. The minimum Gasteiger partial charge on any atom is -0.441 e. The summed E-state index contributed by atoms with van der Waals surface area (Å²) in [6, 6.07) is 12.0. The van der Waals surface area contributed by atoms with E-state index in [9.17, 15) is 13.6 Å². The summed E-state index contributed by atoms with van der Waals surface area (Å²) in [5.41, 5.74) is 2.86. The van der Waals surface area contributed by atoms with Gasteiger partial charge >= 0.3 is 0 Å². The number of carbonyl (C=O) groups is 1. The number of aromatic nitrogens is 1. The average Bonchev–Trinajstić information content (AvgIpc) is 3.24. The lowest BCUT2D eigenvalue weighted by molar-refractivity contribution is -0.133. The number of aryl methyl sites for hydroxylation is 2. The van der Waals surface area contributed by atoms with E-state index in [1.807, 2.05) is 4.90 Å². The van der Waals surface area contributed by atoms with Crippen molar-refractivity contribution in [1.29, 1.82) is 0 Å². The molecule has 1 amide bonds. The number of fused-ring (bicyclic) bond motifs is 1. The SMILES string of the molecule is CCCN(C(=O)CCc1ncc(-c2ccc(F)cc2F)o1)C1CCc2ccccc2C1. The lowest BCUT2D eigenvalue weighted by atomic mass is 9.87. The van der Waals surface area contributed by atoms with Crippen molar-refractivity contribution in [2.24, 2.45) is 0 Å².